The van der Waals surface area contributed by atoms with Crippen molar-refractivity contribution in [3.05, 3.63) is 21.8 Å². The molecule has 0 heterocycles. The second kappa shape index (κ2) is 6.34. The highest BCUT2D eigenvalue weighted by Crippen LogP contribution is 2.68. The third-order valence-electron chi connectivity index (χ3n) is 8.56. The van der Waals surface area contributed by atoms with Crippen LogP contribution in [-0.2, 0) is 9.63 Å². The molecule has 0 N–H and O–H groups in total. The van der Waals surface area contributed by atoms with E-state index in [2.05, 4.69) is 40.5 Å². The minimum atomic E-state index is -1.02. The van der Waals surface area contributed by atoms with Crippen LogP contribution < -0.4 is 0 Å². The zero-order valence-electron chi connectivity index (χ0n) is 15.9. The van der Waals surface area contributed by atoms with Gasteiger partial charge >= 0.3 is 0 Å². The molecule has 146 valence electrons. The Morgan fingerprint density at radius 2 is 1.93 bits per heavy atom. The number of rotatable bonds is 2. The quantitative estimate of drug-likeness (QED) is 0.354. The predicted molar refractivity (Wildman–Crippen MR) is 104 cm³/mol. The van der Waals surface area contributed by atoms with Crippen molar-refractivity contribution in [1.82, 2.24) is 0 Å². The molecule has 3 fully saturated rings. The lowest BCUT2D eigenvalue weighted by Crippen LogP contribution is -2.55. The minimum Gasteiger partial charge on any atom is -0.295 e. The topological polar surface area (TPSA) is 69.4 Å². The molecule has 0 saturated heterocycles. The first-order valence-corrected chi connectivity index (χ1v) is 10.8. The molecular formula is C21H26BrNO4. The van der Waals surface area contributed by atoms with E-state index in [0.29, 0.717) is 30.6 Å². The van der Waals surface area contributed by atoms with Crippen LogP contribution >= 0.6 is 15.9 Å². The van der Waals surface area contributed by atoms with Crippen molar-refractivity contribution in [2.24, 2.45) is 28.6 Å². The second-order valence-corrected chi connectivity index (χ2v) is 9.72. The number of hydrogen-bond donors (Lipinski definition) is 0. The fourth-order valence-corrected chi connectivity index (χ4v) is 7.46. The number of halogens is 1. The van der Waals surface area contributed by atoms with E-state index >= 15 is 0 Å². The van der Waals surface area contributed by atoms with Crippen LogP contribution in [0.4, 0.5) is 0 Å². The van der Waals surface area contributed by atoms with Crippen LogP contribution in [0.3, 0.4) is 0 Å². The van der Waals surface area contributed by atoms with Gasteiger partial charge in [-0.2, -0.15) is 0 Å². The molecule has 0 bridgehead atoms. The van der Waals surface area contributed by atoms with Crippen LogP contribution in [0.5, 0.6) is 0 Å². The van der Waals surface area contributed by atoms with Crippen molar-refractivity contribution < 1.29 is 14.7 Å². The average molecular weight is 436 g/mol. The number of carbonyl (C=O) groups excluding carboxylic acids is 1. The van der Waals surface area contributed by atoms with Gasteiger partial charge < -0.3 is 0 Å². The van der Waals surface area contributed by atoms with Crippen molar-refractivity contribution in [3.63, 3.8) is 0 Å². The molecule has 3 saturated carbocycles. The molecule has 0 aliphatic heterocycles. The summed E-state index contributed by atoms with van der Waals surface area (Å²) in [6.45, 7) is 4.50. The molecule has 0 unspecified atom stereocenters. The fourth-order valence-electron chi connectivity index (χ4n) is 7.14. The summed E-state index contributed by atoms with van der Waals surface area (Å²) >= 11 is 3.15. The van der Waals surface area contributed by atoms with Crippen molar-refractivity contribution in [1.29, 1.82) is 0 Å². The van der Waals surface area contributed by atoms with Gasteiger partial charge in [0.1, 0.15) is 0 Å². The normalized spacial score (nSPS) is 45.5. The summed E-state index contributed by atoms with van der Waals surface area (Å²) in [6, 6.07) is 0. The molecule has 0 aromatic heterocycles. The molecule has 5 nitrogen and oxygen atoms in total. The van der Waals surface area contributed by atoms with Gasteiger partial charge in [-0.1, -0.05) is 25.3 Å². The van der Waals surface area contributed by atoms with Gasteiger partial charge in [0.25, 0.3) is 5.09 Å². The third-order valence-corrected chi connectivity index (χ3v) is 8.76. The lowest BCUT2D eigenvalue weighted by atomic mass is 9.46. The number of fused-ring (bicyclic) bond motifs is 5. The number of hydrogen-bond acceptors (Lipinski definition) is 4. The summed E-state index contributed by atoms with van der Waals surface area (Å²) < 4.78 is 0. The van der Waals surface area contributed by atoms with Gasteiger partial charge in [0, 0.05) is 27.8 Å². The Bertz CT molecular complexity index is 783. The Kier molecular flexibility index (Phi) is 4.46. The van der Waals surface area contributed by atoms with Crippen LogP contribution in [0.15, 0.2) is 11.6 Å². The Hall–Kier alpha value is -1.35. The molecule has 0 aromatic rings. The number of allylic oxidation sites excluding steroid dienone is 1. The van der Waals surface area contributed by atoms with Gasteiger partial charge in [0.15, 0.2) is 11.4 Å². The van der Waals surface area contributed by atoms with Crippen LogP contribution in [-0.4, -0.2) is 16.5 Å². The number of carbonyl (C=O) groups is 1. The smallest absolute Gasteiger partial charge is 0.295 e. The SMILES string of the molecule is C[C@]12CCC(=O)C=C1CC[C@@H]1[C@@H]2CC[C@@]2(C)[C@H]1CC[C@]2(C#CBr)O[N+](=O)[O-]. The summed E-state index contributed by atoms with van der Waals surface area (Å²) in [5.41, 5.74) is 0.114. The highest BCUT2D eigenvalue weighted by atomic mass is 79.9. The highest BCUT2D eigenvalue weighted by molar-refractivity contribution is 9.12. The van der Waals surface area contributed by atoms with Crippen molar-refractivity contribution >= 4 is 21.7 Å². The Balaban J connectivity index is 1.70. The van der Waals surface area contributed by atoms with E-state index in [1.54, 1.807) is 0 Å². The van der Waals surface area contributed by atoms with E-state index in [4.69, 9.17) is 4.84 Å². The lowest BCUT2D eigenvalue weighted by Gasteiger charge is -2.58. The van der Waals surface area contributed by atoms with E-state index in [1.807, 2.05) is 6.08 Å². The van der Waals surface area contributed by atoms with Crippen LogP contribution in [0.2, 0.25) is 0 Å². The first-order valence-electron chi connectivity index (χ1n) is 9.96. The molecule has 6 atom stereocenters. The number of ketones is 1. The van der Waals surface area contributed by atoms with Crippen molar-refractivity contribution in [2.45, 2.75) is 70.8 Å². The highest BCUT2D eigenvalue weighted by Gasteiger charge is 2.65. The number of nitrogens with zero attached hydrogens (tertiary/aromatic N) is 1. The Labute approximate surface area is 168 Å². The van der Waals surface area contributed by atoms with Crippen LogP contribution in [0.1, 0.15) is 65.2 Å². The van der Waals surface area contributed by atoms with Gasteiger partial charge in [-0.05, 0) is 79.0 Å². The summed E-state index contributed by atoms with van der Waals surface area (Å²) in [7, 11) is 0. The van der Waals surface area contributed by atoms with Gasteiger partial charge in [-0.15, -0.1) is 10.1 Å². The Morgan fingerprint density at radius 3 is 2.63 bits per heavy atom. The van der Waals surface area contributed by atoms with Crippen LogP contribution in [0.25, 0.3) is 0 Å². The fraction of sp³-hybridized carbons (Fsp3) is 0.762. The molecule has 6 heteroatoms. The first kappa shape index (κ1) is 19.0. The third kappa shape index (κ3) is 2.61. The zero-order chi connectivity index (χ0) is 19.4. The summed E-state index contributed by atoms with van der Waals surface area (Å²) in [4.78, 5) is 31.2. The van der Waals surface area contributed by atoms with Gasteiger partial charge in [0.2, 0.25) is 0 Å². The van der Waals surface area contributed by atoms with Gasteiger partial charge in [-0.25, -0.2) is 0 Å². The molecule has 4 aliphatic carbocycles. The van der Waals surface area contributed by atoms with Crippen LogP contribution in [0, 0.1) is 49.4 Å². The summed E-state index contributed by atoms with van der Waals surface area (Å²) in [5.74, 6) is 4.76. The molecule has 0 aromatic carbocycles. The van der Waals surface area contributed by atoms with E-state index in [-0.39, 0.29) is 16.6 Å². The maximum atomic E-state index is 11.9. The van der Waals surface area contributed by atoms with Gasteiger partial charge in [-0.3, -0.25) is 9.63 Å². The lowest BCUT2D eigenvalue weighted by molar-refractivity contribution is -0.781. The predicted octanol–water partition coefficient (Wildman–Crippen LogP) is 4.82. The molecule has 4 rings (SSSR count). The van der Waals surface area contributed by atoms with Crippen molar-refractivity contribution in [3.8, 4) is 10.8 Å². The van der Waals surface area contributed by atoms with E-state index in [1.165, 1.54) is 5.57 Å². The largest absolute Gasteiger partial charge is 0.296 e. The minimum absolute atomic E-state index is 0.106. The molecule has 4 aliphatic rings. The molecule has 27 heavy (non-hydrogen) atoms. The van der Waals surface area contributed by atoms with E-state index < -0.39 is 10.7 Å². The molecule has 0 amide bonds. The molecule has 0 spiro atoms. The molecule has 0 radical (unpaired) electrons. The summed E-state index contributed by atoms with van der Waals surface area (Å²) in [6.07, 6.45) is 8.97. The standard InChI is InChI=1S/C21H26BrNO4/c1-19-8-5-15(24)13-14(19)3-4-16-17(19)6-9-20(2)18(16)7-10-21(20,11-12-22)27-23(25)26/h13,16-18H,3-10H2,1-2H3/t16-,17+,18+,19+,20+,21-/m1/s1. The second-order valence-electron chi connectivity index (χ2n) is 9.33. The summed E-state index contributed by atoms with van der Waals surface area (Å²) in [5, 5.41) is 10.6. The monoisotopic (exact) mass is 435 g/mol. The average Bonchev–Trinajstić information content (AvgIpc) is 2.88. The van der Waals surface area contributed by atoms with E-state index in [9.17, 15) is 14.9 Å². The first-order chi connectivity index (χ1) is 12.8. The Morgan fingerprint density at radius 1 is 1.19 bits per heavy atom. The van der Waals surface area contributed by atoms with Gasteiger partial charge in [0.05, 0.1) is 0 Å². The van der Waals surface area contributed by atoms with E-state index in [0.717, 1.165) is 38.5 Å². The maximum Gasteiger partial charge on any atom is 0.296 e. The zero-order valence-corrected chi connectivity index (χ0v) is 17.5. The van der Waals surface area contributed by atoms with Crippen molar-refractivity contribution in [2.75, 3.05) is 0 Å². The maximum absolute atomic E-state index is 11.9. The molecular weight excluding hydrogens is 410 g/mol.